The van der Waals surface area contributed by atoms with E-state index in [2.05, 4.69) is 4.74 Å². The Morgan fingerprint density at radius 1 is 1.43 bits per heavy atom. The van der Waals surface area contributed by atoms with Crippen molar-refractivity contribution in [3.63, 3.8) is 0 Å². The molecule has 0 aromatic carbocycles. The molecule has 6 nitrogen and oxygen atoms in total. The molecule has 0 saturated heterocycles. The molecule has 71 valence electrons. The molecule has 0 aliphatic carbocycles. The van der Waals surface area contributed by atoms with Crippen LogP contribution >= 0.6 is 0 Å². The predicted octanol–water partition coefficient (Wildman–Crippen LogP) is -2.17. The van der Waals surface area contributed by atoms with Gasteiger partial charge in [-0.15, -0.1) is 0 Å². The van der Waals surface area contributed by atoms with Crippen molar-refractivity contribution >= 4 is 58.6 Å². The molecule has 8 heteroatoms. The van der Waals surface area contributed by atoms with Crippen LogP contribution in [0, 0.1) is 0 Å². The van der Waals surface area contributed by atoms with E-state index in [0.717, 1.165) is 0 Å². The van der Waals surface area contributed by atoms with Gasteiger partial charge in [0.15, 0.2) is 11.9 Å². The first-order chi connectivity index (χ1) is 5.57. The van der Waals surface area contributed by atoms with Crippen LogP contribution in [-0.2, 0) is 9.53 Å². The van der Waals surface area contributed by atoms with Gasteiger partial charge in [-0.25, -0.2) is 4.79 Å². The minimum Gasteiger partial charge on any atom is -0.505 e. The number of aliphatic hydroxyl groups excluding tert-OH is 4. The Morgan fingerprint density at radius 2 is 1.93 bits per heavy atom. The molecule has 0 saturated carbocycles. The molecule has 14 heavy (non-hydrogen) atoms. The number of carbonyl (C=O) groups is 1. The van der Waals surface area contributed by atoms with Crippen molar-refractivity contribution in [3.8, 4) is 0 Å². The molecule has 0 aromatic heterocycles. The molecule has 1 rings (SSSR count). The van der Waals surface area contributed by atoms with E-state index in [1.54, 1.807) is 0 Å². The fourth-order valence-corrected chi connectivity index (χ4v) is 0.823. The number of esters is 1. The van der Waals surface area contributed by atoms with Gasteiger partial charge in [-0.1, -0.05) is 0 Å². The van der Waals surface area contributed by atoms with Crippen molar-refractivity contribution in [2.75, 3.05) is 6.61 Å². The Labute approximate surface area is 118 Å². The third-order valence-corrected chi connectivity index (χ3v) is 1.48. The van der Waals surface area contributed by atoms with E-state index in [1.807, 2.05) is 0 Å². The van der Waals surface area contributed by atoms with Crippen LogP contribution in [0.5, 0.6) is 0 Å². The van der Waals surface area contributed by atoms with Gasteiger partial charge in [-0.05, 0) is 0 Å². The molecular formula is C6H8MgNaO6. The summed E-state index contributed by atoms with van der Waals surface area (Å²) < 4.78 is 4.32. The second-order valence-electron chi connectivity index (χ2n) is 2.31. The topological polar surface area (TPSA) is 107 Å². The summed E-state index contributed by atoms with van der Waals surface area (Å²) in [7, 11) is 0. The number of cyclic esters (lactones) is 1. The summed E-state index contributed by atoms with van der Waals surface area (Å²) in [5, 5.41) is 35.0. The summed E-state index contributed by atoms with van der Waals surface area (Å²) >= 11 is 0. The van der Waals surface area contributed by atoms with E-state index in [1.165, 1.54) is 0 Å². The van der Waals surface area contributed by atoms with Gasteiger partial charge in [0.25, 0.3) is 0 Å². The van der Waals surface area contributed by atoms with Crippen molar-refractivity contribution in [2.45, 2.75) is 12.2 Å². The zero-order valence-electron chi connectivity index (χ0n) is 7.67. The Balaban J connectivity index is 0. The summed E-state index contributed by atoms with van der Waals surface area (Å²) in [6.07, 6.45) is -2.78. The molecule has 4 N–H and O–H groups in total. The largest absolute Gasteiger partial charge is 0.505 e. The van der Waals surface area contributed by atoms with Gasteiger partial charge in [0, 0.05) is 52.6 Å². The first-order valence-electron chi connectivity index (χ1n) is 3.20. The molecule has 1 aliphatic heterocycles. The molecule has 3 radical (unpaired) electrons. The maximum Gasteiger partial charge on any atom is 0.377 e. The maximum atomic E-state index is 10.5. The maximum absolute atomic E-state index is 10.5. The molecule has 0 unspecified atom stereocenters. The van der Waals surface area contributed by atoms with Crippen LogP contribution < -0.4 is 0 Å². The van der Waals surface area contributed by atoms with Crippen LogP contribution in [0.3, 0.4) is 0 Å². The molecule has 0 fully saturated rings. The molecule has 1 aliphatic rings. The number of carbonyl (C=O) groups excluding carboxylic acids is 1. The van der Waals surface area contributed by atoms with Crippen LogP contribution in [0.15, 0.2) is 11.5 Å². The van der Waals surface area contributed by atoms with Crippen molar-refractivity contribution in [1.29, 1.82) is 0 Å². The predicted molar refractivity (Wildman–Crippen MR) is 46.8 cm³/mol. The van der Waals surface area contributed by atoms with Gasteiger partial charge < -0.3 is 25.2 Å². The second-order valence-corrected chi connectivity index (χ2v) is 2.31. The van der Waals surface area contributed by atoms with Crippen molar-refractivity contribution in [3.05, 3.63) is 11.5 Å². The SMILES string of the molecule is O=C1O[C@H]([C@@H](O)CO)C(O)=C1O.[Mg].[Na]. The van der Waals surface area contributed by atoms with Crippen molar-refractivity contribution in [2.24, 2.45) is 0 Å². The molecule has 0 spiro atoms. The van der Waals surface area contributed by atoms with Crippen LogP contribution in [0.4, 0.5) is 0 Å². The smallest absolute Gasteiger partial charge is 0.377 e. The van der Waals surface area contributed by atoms with Gasteiger partial charge in [-0.3, -0.25) is 0 Å². The average molecular weight is 223 g/mol. The minimum atomic E-state index is -1.42. The van der Waals surface area contributed by atoms with Gasteiger partial charge >= 0.3 is 5.97 Å². The van der Waals surface area contributed by atoms with Gasteiger partial charge in [0.05, 0.1) is 6.61 Å². The minimum absolute atomic E-state index is 0. The number of hydrogen-bond acceptors (Lipinski definition) is 6. The van der Waals surface area contributed by atoms with Crippen LogP contribution in [0.2, 0.25) is 0 Å². The summed E-state index contributed by atoms with van der Waals surface area (Å²) in [5.74, 6) is -2.78. The third kappa shape index (κ3) is 3.26. The standard InChI is InChI=1S/C6H8O6.Mg.Na/c7-1-2(8)5-3(9)4(10)6(11)12-5;;/h2,5,7-10H,1H2;;/t2-,5+;;/m0../s1. The van der Waals surface area contributed by atoms with E-state index < -0.39 is 36.3 Å². The van der Waals surface area contributed by atoms with E-state index in [4.69, 9.17) is 20.4 Å². The van der Waals surface area contributed by atoms with Crippen molar-refractivity contribution in [1.82, 2.24) is 0 Å². The summed E-state index contributed by atoms with van der Waals surface area (Å²) in [6.45, 7) is -0.671. The Kier molecular flexibility index (Phi) is 8.32. The monoisotopic (exact) mass is 223 g/mol. The number of aliphatic hydroxyl groups is 4. The second kappa shape index (κ2) is 6.88. The zero-order valence-corrected chi connectivity index (χ0v) is 11.1. The van der Waals surface area contributed by atoms with Gasteiger partial charge in [0.1, 0.15) is 6.10 Å². The van der Waals surface area contributed by atoms with Crippen molar-refractivity contribution < 1.29 is 30.0 Å². The first kappa shape index (κ1) is 16.9. The van der Waals surface area contributed by atoms with Gasteiger partial charge in [0.2, 0.25) is 5.76 Å². The summed E-state index contributed by atoms with van der Waals surface area (Å²) in [6, 6.07) is 0. The molecule has 0 aromatic rings. The number of ether oxygens (including phenoxy) is 1. The quantitative estimate of drug-likeness (QED) is 0.313. The third-order valence-electron chi connectivity index (χ3n) is 1.48. The average Bonchev–Trinajstić information content (AvgIpc) is 2.32. The van der Waals surface area contributed by atoms with Crippen LogP contribution in [0.1, 0.15) is 0 Å². The number of hydrogen-bond donors (Lipinski definition) is 4. The Hall–Kier alpha value is 0.496. The first-order valence-corrected chi connectivity index (χ1v) is 3.20. The van der Waals surface area contributed by atoms with Crippen LogP contribution in [-0.4, -0.2) is 97.8 Å². The zero-order chi connectivity index (χ0) is 9.30. The molecule has 0 amide bonds. The van der Waals surface area contributed by atoms with Gasteiger partial charge in [-0.2, -0.15) is 0 Å². The fourth-order valence-electron chi connectivity index (χ4n) is 0.823. The normalized spacial score (nSPS) is 22.1. The summed E-state index contributed by atoms with van der Waals surface area (Å²) in [4.78, 5) is 10.5. The van der Waals surface area contributed by atoms with E-state index in [-0.39, 0.29) is 52.6 Å². The Morgan fingerprint density at radius 3 is 2.21 bits per heavy atom. The number of rotatable bonds is 2. The fraction of sp³-hybridized carbons (Fsp3) is 0.500. The molecular weight excluding hydrogens is 215 g/mol. The van der Waals surface area contributed by atoms with E-state index >= 15 is 0 Å². The summed E-state index contributed by atoms with van der Waals surface area (Å²) in [5.41, 5.74) is 0. The van der Waals surface area contributed by atoms with E-state index in [9.17, 15) is 4.79 Å². The van der Waals surface area contributed by atoms with E-state index in [0.29, 0.717) is 0 Å². The molecule has 1 heterocycles. The Bertz CT molecular complexity index is 242. The molecule has 2 atom stereocenters. The van der Waals surface area contributed by atoms with Crippen LogP contribution in [0.25, 0.3) is 0 Å². The molecule has 0 bridgehead atoms.